The van der Waals surface area contributed by atoms with Crippen LogP contribution in [-0.2, 0) is 14.3 Å². The molecule has 0 aromatic carbocycles. The Balaban J connectivity index is 2.24. The highest BCUT2D eigenvalue weighted by Crippen LogP contribution is 2.48. The van der Waals surface area contributed by atoms with Crippen molar-refractivity contribution in [3.8, 4) is 0 Å². The Morgan fingerprint density at radius 1 is 1.00 bits per heavy atom. The molecule has 2 aliphatic carbocycles. The van der Waals surface area contributed by atoms with E-state index in [1.54, 1.807) is 20.8 Å². The van der Waals surface area contributed by atoms with E-state index in [0.717, 1.165) is 56.7 Å². The molecule has 1 N–H and O–H groups in total. The standard InChI is InChI=1S/C24H39Cl2NO3S/c1-14-12-16(25)18(17(26)13-14)24(5,6)22(27)31-20(21(29)30-23(2,3)4)19(28)15-10-8-7-9-11-15/h14-18,20,27H,7-13H2,1-6H3. The van der Waals surface area contributed by atoms with Gasteiger partial charge in [-0.3, -0.25) is 15.0 Å². The molecule has 7 heteroatoms. The van der Waals surface area contributed by atoms with Crippen molar-refractivity contribution in [2.75, 3.05) is 0 Å². The van der Waals surface area contributed by atoms with E-state index in [1.807, 2.05) is 13.8 Å². The largest absolute Gasteiger partial charge is 0.459 e. The summed E-state index contributed by atoms with van der Waals surface area (Å²) in [4.78, 5) is 26.4. The fourth-order valence-electron chi connectivity index (χ4n) is 4.89. The van der Waals surface area contributed by atoms with Gasteiger partial charge in [0.2, 0.25) is 0 Å². The van der Waals surface area contributed by atoms with Crippen molar-refractivity contribution >= 4 is 51.8 Å². The van der Waals surface area contributed by atoms with Crippen LogP contribution < -0.4 is 0 Å². The minimum absolute atomic E-state index is 0.0957. The maximum absolute atomic E-state index is 13.4. The zero-order chi connectivity index (χ0) is 23.6. The van der Waals surface area contributed by atoms with Crippen molar-refractivity contribution < 1.29 is 14.3 Å². The highest BCUT2D eigenvalue weighted by Gasteiger charge is 2.48. The molecule has 0 radical (unpaired) electrons. The number of esters is 1. The van der Waals surface area contributed by atoms with Gasteiger partial charge in [0.1, 0.15) is 5.60 Å². The van der Waals surface area contributed by atoms with Gasteiger partial charge in [-0.15, -0.1) is 23.2 Å². The Morgan fingerprint density at radius 2 is 1.52 bits per heavy atom. The monoisotopic (exact) mass is 491 g/mol. The molecule has 2 aliphatic rings. The SMILES string of the molecule is CC1CC(Cl)C(C(C)(C)C(=N)SC(C(=O)OC(C)(C)C)C(=O)C2CCCCC2)C(Cl)C1. The number of halogens is 2. The first-order valence-corrected chi connectivity index (χ1v) is 13.3. The van der Waals surface area contributed by atoms with Crippen LogP contribution in [0.3, 0.4) is 0 Å². The fraction of sp³-hybridized carbons (Fsp3) is 0.875. The summed E-state index contributed by atoms with van der Waals surface area (Å²) in [5.74, 6) is -0.429. The number of thioether (sulfide) groups is 1. The number of hydrogen-bond donors (Lipinski definition) is 1. The number of Topliss-reactive ketones (excluding diaryl/α,β-unsaturated/α-hetero) is 1. The minimum Gasteiger partial charge on any atom is -0.459 e. The Hall–Kier alpha value is -0.260. The molecule has 3 atom stereocenters. The van der Waals surface area contributed by atoms with E-state index >= 15 is 0 Å². The lowest BCUT2D eigenvalue weighted by Crippen LogP contribution is -2.47. The summed E-state index contributed by atoms with van der Waals surface area (Å²) in [5, 5.41) is 7.89. The third kappa shape index (κ3) is 7.11. The quantitative estimate of drug-likeness (QED) is 0.145. The molecular formula is C24H39Cl2NO3S. The van der Waals surface area contributed by atoms with Crippen LogP contribution in [0.2, 0.25) is 0 Å². The summed E-state index contributed by atoms with van der Waals surface area (Å²) in [7, 11) is 0. The molecule has 0 aromatic rings. The summed E-state index contributed by atoms with van der Waals surface area (Å²) < 4.78 is 5.60. The topological polar surface area (TPSA) is 67.2 Å². The minimum atomic E-state index is -1.01. The predicted octanol–water partition coefficient (Wildman–Crippen LogP) is 6.84. The number of ether oxygens (including phenoxy) is 1. The first-order valence-electron chi connectivity index (χ1n) is 11.5. The van der Waals surface area contributed by atoms with Crippen LogP contribution in [0.1, 0.15) is 86.5 Å². The second-order valence-electron chi connectivity index (χ2n) is 11.0. The molecule has 2 saturated carbocycles. The fourth-order valence-corrected chi connectivity index (χ4v) is 7.68. The molecule has 2 rings (SSSR count). The molecule has 4 nitrogen and oxygen atoms in total. The van der Waals surface area contributed by atoms with Crippen molar-refractivity contribution in [2.45, 2.75) is 108 Å². The lowest BCUT2D eigenvalue weighted by atomic mass is 9.69. The van der Waals surface area contributed by atoms with Gasteiger partial charge in [0.05, 0.1) is 5.04 Å². The van der Waals surface area contributed by atoms with E-state index in [-0.39, 0.29) is 33.4 Å². The number of carbonyl (C=O) groups excluding carboxylic acids is 2. The number of rotatable bonds is 6. The van der Waals surface area contributed by atoms with Gasteiger partial charge in [0.25, 0.3) is 0 Å². The van der Waals surface area contributed by atoms with Crippen molar-refractivity contribution in [2.24, 2.45) is 23.2 Å². The molecule has 0 bridgehead atoms. The second kappa shape index (κ2) is 10.8. The molecule has 0 aromatic heterocycles. The summed E-state index contributed by atoms with van der Waals surface area (Å²) in [5.41, 5.74) is -1.33. The van der Waals surface area contributed by atoms with Crippen molar-refractivity contribution in [3.05, 3.63) is 0 Å². The van der Waals surface area contributed by atoms with Crippen LogP contribution in [0.25, 0.3) is 0 Å². The first-order chi connectivity index (χ1) is 14.2. The molecule has 0 spiro atoms. The van der Waals surface area contributed by atoms with E-state index in [9.17, 15) is 9.59 Å². The van der Waals surface area contributed by atoms with Crippen LogP contribution >= 0.6 is 35.0 Å². The van der Waals surface area contributed by atoms with E-state index in [2.05, 4.69) is 6.92 Å². The molecule has 31 heavy (non-hydrogen) atoms. The summed E-state index contributed by atoms with van der Waals surface area (Å²) >= 11 is 14.5. The predicted molar refractivity (Wildman–Crippen MR) is 131 cm³/mol. The van der Waals surface area contributed by atoms with E-state index < -0.39 is 22.2 Å². The summed E-state index contributed by atoms with van der Waals surface area (Å²) in [6.45, 7) is 11.5. The smallest absolute Gasteiger partial charge is 0.327 e. The highest BCUT2D eigenvalue weighted by molar-refractivity contribution is 8.15. The highest BCUT2D eigenvalue weighted by atomic mass is 35.5. The van der Waals surface area contributed by atoms with Crippen molar-refractivity contribution in [3.63, 3.8) is 0 Å². The zero-order valence-electron chi connectivity index (χ0n) is 19.8. The summed E-state index contributed by atoms with van der Waals surface area (Å²) in [6.07, 6.45) is 6.47. The van der Waals surface area contributed by atoms with Gasteiger partial charge in [-0.05, 0) is 52.4 Å². The van der Waals surface area contributed by atoms with Gasteiger partial charge < -0.3 is 4.74 Å². The molecule has 178 valence electrons. The Kier molecular flexibility index (Phi) is 9.38. The van der Waals surface area contributed by atoms with Gasteiger partial charge in [-0.25, -0.2) is 0 Å². The molecule has 0 saturated heterocycles. The summed E-state index contributed by atoms with van der Waals surface area (Å²) in [6, 6.07) is 0. The van der Waals surface area contributed by atoms with E-state index in [4.69, 9.17) is 33.3 Å². The van der Waals surface area contributed by atoms with Gasteiger partial charge >= 0.3 is 5.97 Å². The average Bonchev–Trinajstić information content (AvgIpc) is 2.63. The van der Waals surface area contributed by atoms with E-state index in [0.29, 0.717) is 5.92 Å². The number of carbonyl (C=O) groups is 2. The number of alkyl halides is 2. The van der Waals surface area contributed by atoms with Crippen LogP contribution in [0.15, 0.2) is 0 Å². The first kappa shape index (κ1) is 27.0. The van der Waals surface area contributed by atoms with Crippen LogP contribution in [-0.4, -0.2) is 38.4 Å². The molecule has 0 heterocycles. The molecule has 2 fully saturated rings. The van der Waals surface area contributed by atoms with Gasteiger partial charge in [0.15, 0.2) is 11.0 Å². The lowest BCUT2D eigenvalue weighted by Gasteiger charge is -2.45. The van der Waals surface area contributed by atoms with Crippen LogP contribution in [0.5, 0.6) is 0 Å². The molecule has 3 unspecified atom stereocenters. The molecular weight excluding hydrogens is 453 g/mol. The second-order valence-corrected chi connectivity index (χ2v) is 13.2. The van der Waals surface area contributed by atoms with E-state index in [1.165, 1.54) is 0 Å². The van der Waals surface area contributed by atoms with Gasteiger partial charge in [-0.1, -0.05) is 51.8 Å². The van der Waals surface area contributed by atoms with Gasteiger partial charge in [-0.2, -0.15) is 0 Å². The average molecular weight is 493 g/mol. The third-order valence-electron chi connectivity index (χ3n) is 6.58. The maximum atomic E-state index is 13.4. The zero-order valence-corrected chi connectivity index (χ0v) is 22.1. The van der Waals surface area contributed by atoms with Crippen molar-refractivity contribution in [1.82, 2.24) is 0 Å². The maximum Gasteiger partial charge on any atom is 0.327 e. The normalized spacial score (nSPS) is 29.3. The van der Waals surface area contributed by atoms with Crippen LogP contribution in [0, 0.1) is 28.6 Å². The molecule has 0 aliphatic heterocycles. The number of ketones is 1. The Bertz CT molecular complexity index is 658. The van der Waals surface area contributed by atoms with Gasteiger partial charge in [0, 0.05) is 28.0 Å². The van der Waals surface area contributed by atoms with Crippen LogP contribution in [0.4, 0.5) is 0 Å². The lowest BCUT2D eigenvalue weighted by molar-refractivity contribution is -0.156. The number of hydrogen-bond acceptors (Lipinski definition) is 5. The molecule has 0 amide bonds. The third-order valence-corrected chi connectivity index (χ3v) is 8.90. The Morgan fingerprint density at radius 3 is 2.00 bits per heavy atom. The number of nitrogens with one attached hydrogen (secondary N) is 1. The Labute approximate surface area is 202 Å². The van der Waals surface area contributed by atoms with Crippen molar-refractivity contribution in [1.29, 1.82) is 5.41 Å².